The summed E-state index contributed by atoms with van der Waals surface area (Å²) < 4.78 is 15.4. The predicted octanol–water partition coefficient (Wildman–Crippen LogP) is 4.78. The SMILES string of the molecule is CC(C)c1c(C(=O)NCc2ccc(F)cc2)c2ccc(C(=O)NCC(C)(C)O)cc2n1Cc1ccccn1. The Morgan fingerprint density at radius 1 is 1.03 bits per heavy atom. The van der Waals surface area contributed by atoms with Crippen molar-refractivity contribution in [3.8, 4) is 0 Å². The van der Waals surface area contributed by atoms with Crippen LogP contribution in [0.2, 0.25) is 0 Å². The molecule has 0 spiro atoms. The molecule has 4 aromatic rings. The van der Waals surface area contributed by atoms with Gasteiger partial charge in [-0.15, -0.1) is 0 Å². The van der Waals surface area contributed by atoms with Gasteiger partial charge in [0, 0.05) is 35.9 Å². The average Bonchev–Trinajstić information content (AvgIpc) is 3.20. The number of fused-ring (bicyclic) bond motifs is 1. The molecule has 0 aliphatic heterocycles. The molecule has 0 unspecified atom stereocenters. The Kier molecular flexibility index (Phi) is 7.92. The van der Waals surface area contributed by atoms with Crippen LogP contribution in [0.15, 0.2) is 66.9 Å². The summed E-state index contributed by atoms with van der Waals surface area (Å²) in [5, 5.41) is 16.5. The van der Waals surface area contributed by atoms with Gasteiger partial charge >= 0.3 is 0 Å². The minimum atomic E-state index is -1.04. The van der Waals surface area contributed by atoms with Crippen molar-refractivity contribution in [2.75, 3.05) is 6.54 Å². The van der Waals surface area contributed by atoms with Crippen molar-refractivity contribution in [2.24, 2.45) is 0 Å². The van der Waals surface area contributed by atoms with E-state index in [9.17, 15) is 19.1 Å². The van der Waals surface area contributed by atoms with Crippen molar-refractivity contribution in [1.82, 2.24) is 20.2 Å². The minimum absolute atomic E-state index is 0.00912. The van der Waals surface area contributed by atoms with Crippen LogP contribution in [0, 0.1) is 5.82 Å². The van der Waals surface area contributed by atoms with E-state index < -0.39 is 5.60 Å². The number of hydrogen-bond donors (Lipinski definition) is 3. The van der Waals surface area contributed by atoms with E-state index in [-0.39, 0.29) is 36.6 Å². The first kappa shape index (κ1) is 27.0. The number of halogens is 1. The molecule has 0 aliphatic rings. The number of carbonyl (C=O) groups is 2. The molecule has 38 heavy (non-hydrogen) atoms. The van der Waals surface area contributed by atoms with Crippen molar-refractivity contribution < 1.29 is 19.1 Å². The van der Waals surface area contributed by atoms with E-state index in [4.69, 9.17) is 0 Å². The zero-order valence-electron chi connectivity index (χ0n) is 22.1. The second-order valence-electron chi connectivity index (χ2n) is 10.4. The number of amides is 2. The van der Waals surface area contributed by atoms with Gasteiger partial charge in [-0.2, -0.15) is 0 Å². The molecule has 4 rings (SSSR count). The van der Waals surface area contributed by atoms with Crippen LogP contribution in [-0.4, -0.2) is 38.6 Å². The van der Waals surface area contributed by atoms with Crippen LogP contribution in [0.3, 0.4) is 0 Å². The lowest BCUT2D eigenvalue weighted by Gasteiger charge is -2.17. The molecule has 0 bridgehead atoms. The Morgan fingerprint density at radius 2 is 1.76 bits per heavy atom. The smallest absolute Gasteiger partial charge is 0.254 e. The highest BCUT2D eigenvalue weighted by Crippen LogP contribution is 2.33. The molecule has 7 nitrogen and oxygen atoms in total. The van der Waals surface area contributed by atoms with Gasteiger partial charge in [0.2, 0.25) is 0 Å². The van der Waals surface area contributed by atoms with Gasteiger partial charge in [0.05, 0.1) is 28.9 Å². The van der Waals surface area contributed by atoms with Crippen molar-refractivity contribution in [3.63, 3.8) is 0 Å². The van der Waals surface area contributed by atoms with Crippen molar-refractivity contribution >= 4 is 22.7 Å². The van der Waals surface area contributed by atoms with Crippen LogP contribution in [0.4, 0.5) is 4.39 Å². The number of hydrogen-bond acceptors (Lipinski definition) is 4. The predicted molar refractivity (Wildman–Crippen MR) is 146 cm³/mol. The summed E-state index contributed by atoms with van der Waals surface area (Å²) >= 11 is 0. The Hall–Kier alpha value is -4.04. The summed E-state index contributed by atoms with van der Waals surface area (Å²) in [5.74, 6) is -0.901. The molecule has 2 aromatic heterocycles. The van der Waals surface area contributed by atoms with E-state index in [0.717, 1.165) is 27.9 Å². The molecule has 198 valence electrons. The maximum Gasteiger partial charge on any atom is 0.254 e. The van der Waals surface area contributed by atoms with Gasteiger partial charge in [0.1, 0.15) is 5.82 Å². The average molecular weight is 517 g/mol. The lowest BCUT2D eigenvalue weighted by atomic mass is 10.0. The molecule has 0 radical (unpaired) electrons. The maximum atomic E-state index is 13.6. The number of pyridine rings is 1. The fraction of sp³-hybridized carbons (Fsp3) is 0.300. The van der Waals surface area contributed by atoms with E-state index in [1.165, 1.54) is 12.1 Å². The van der Waals surface area contributed by atoms with E-state index >= 15 is 0 Å². The molecule has 0 saturated carbocycles. The number of rotatable bonds is 9. The zero-order chi connectivity index (χ0) is 27.4. The summed E-state index contributed by atoms with van der Waals surface area (Å²) in [6.45, 7) is 8.08. The Morgan fingerprint density at radius 3 is 2.39 bits per heavy atom. The number of benzene rings is 2. The van der Waals surface area contributed by atoms with Crippen molar-refractivity contribution in [2.45, 2.75) is 52.3 Å². The zero-order valence-corrected chi connectivity index (χ0v) is 22.1. The number of aliphatic hydroxyl groups is 1. The fourth-order valence-electron chi connectivity index (χ4n) is 4.44. The molecular formula is C30H33FN4O3. The lowest BCUT2D eigenvalue weighted by molar-refractivity contribution is 0.0694. The van der Waals surface area contributed by atoms with Crippen LogP contribution in [0.5, 0.6) is 0 Å². The van der Waals surface area contributed by atoms with Gasteiger partial charge in [-0.3, -0.25) is 14.6 Å². The molecule has 0 saturated heterocycles. The first-order valence-corrected chi connectivity index (χ1v) is 12.6. The highest BCUT2D eigenvalue weighted by molar-refractivity contribution is 6.10. The first-order chi connectivity index (χ1) is 18.0. The van der Waals surface area contributed by atoms with E-state index in [0.29, 0.717) is 17.7 Å². The monoisotopic (exact) mass is 516 g/mol. The third-order valence-electron chi connectivity index (χ3n) is 6.24. The van der Waals surface area contributed by atoms with E-state index in [1.807, 2.05) is 36.6 Å². The second-order valence-corrected chi connectivity index (χ2v) is 10.4. The third-order valence-corrected chi connectivity index (χ3v) is 6.24. The maximum absolute atomic E-state index is 13.6. The summed E-state index contributed by atoms with van der Waals surface area (Å²) in [7, 11) is 0. The molecule has 0 atom stereocenters. The molecule has 0 fully saturated rings. The summed E-state index contributed by atoms with van der Waals surface area (Å²) in [6, 6.07) is 17.0. The van der Waals surface area contributed by atoms with Crippen LogP contribution in [-0.2, 0) is 13.1 Å². The summed E-state index contributed by atoms with van der Waals surface area (Å²) in [5.41, 5.74) is 3.10. The molecule has 8 heteroatoms. The molecule has 0 aliphatic carbocycles. The molecule has 2 amide bonds. The van der Waals surface area contributed by atoms with Gasteiger partial charge in [0.25, 0.3) is 11.8 Å². The number of aromatic nitrogens is 2. The van der Waals surface area contributed by atoms with E-state index in [2.05, 4.69) is 15.6 Å². The van der Waals surface area contributed by atoms with Gasteiger partial charge in [-0.05, 0) is 61.7 Å². The fourth-order valence-corrected chi connectivity index (χ4v) is 4.44. The second kappa shape index (κ2) is 11.1. The van der Waals surface area contributed by atoms with Crippen molar-refractivity contribution in [1.29, 1.82) is 0 Å². The third kappa shape index (κ3) is 6.26. The number of nitrogens with zero attached hydrogens (tertiary/aromatic N) is 2. The highest BCUT2D eigenvalue weighted by Gasteiger charge is 2.26. The van der Waals surface area contributed by atoms with Crippen LogP contribution < -0.4 is 10.6 Å². The standard InChI is InChI=1S/C30H33FN4O3/c1-19(2)27-26(29(37)33-16-20-8-11-22(31)12-9-20)24-13-10-21(28(36)34-18-30(3,4)38)15-25(24)35(27)17-23-7-5-6-14-32-23/h5-15,19,38H,16-18H2,1-4H3,(H,33,37)(H,34,36). The van der Waals surface area contributed by atoms with Crippen LogP contribution >= 0.6 is 0 Å². The molecule has 3 N–H and O–H groups in total. The molecule has 2 aromatic carbocycles. The lowest BCUT2D eigenvalue weighted by Crippen LogP contribution is -2.38. The number of nitrogens with one attached hydrogen (secondary N) is 2. The summed E-state index contributed by atoms with van der Waals surface area (Å²) in [6.07, 6.45) is 1.72. The topological polar surface area (TPSA) is 96.3 Å². The minimum Gasteiger partial charge on any atom is -0.389 e. The Bertz CT molecular complexity index is 1440. The van der Waals surface area contributed by atoms with Crippen LogP contribution in [0.25, 0.3) is 10.9 Å². The Labute approximate surface area is 221 Å². The van der Waals surface area contributed by atoms with Gasteiger partial charge < -0.3 is 20.3 Å². The van der Waals surface area contributed by atoms with Gasteiger partial charge in [-0.25, -0.2) is 4.39 Å². The van der Waals surface area contributed by atoms with Crippen molar-refractivity contribution in [3.05, 3.63) is 101 Å². The van der Waals surface area contributed by atoms with Crippen LogP contribution in [0.1, 0.15) is 71.3 Å². The molecule has 2 heterocycles. The van der Waals surface area contributed by atoms with Gasteiger partial charge in [0.15, 0.2) is 0 Å². The first-order valence-electron chi connectivity index (χ1n) is 12.6. The normalized spacial score (nSPS) is 11.7. The largest absolute Gasteiger partial charge is 0.389 e. The van der Waals surface area contributed by atoms with E-state index in [1.54, 1.807) is 50.4 Å². The highest BCUT2D eigenvalue weighted by atomic mass is 19.1. The quantitative estimate of drug-likeness (QED) is 0.298. The summed E-state index contributed by atoms with van der Waals surface area (Å²) in [4.78, 5) is 31.0. The molecular weight excluding hydrogens is 483 g/mol. The van der Waals surface area contributed by atoms with Gasteiger partial charge in [-0.1, -0.05) is 38.1 Å². The number of carbonyl (C=O) groups excluding carboxylic acids is 2. The Balaban J connectivity index is 1.78.